The van der Waals surface area contributed by atoms with Gasteiger partial charge in [-0.25, -0.2) is 0 Å². The molecule has 0 aliphatic carbocycles. The molecule has 0 spiro atoms. The van der Waals surface area contributed by atoms with Crippen molar-refractivity contribution in [1.29, 1.82) is 0 Å². The monoisotopic (exact) mass is 450 g/mol. The molecule has 0 unspecified atom stereocenters. The van der Waals surface area contributed by atoms with Gasteiger partial charge in [-0.3, -0.25) is 19.7 Å². The van der Waals surface area contributed by atoms with E-state index in [-0.39, 0.29) is 34.5 Å². The number of carbonyl (C=O) groups excluding carboxylic acids is 1. The van der Waals surface area contributed by atoms with E-state index >= 15 is 0 Å². The van der Waals surface area contributed by atoms with E-state index in [1.807, 2.05) is 27.7 Å². The molecule has 0 bridgehead atoms. The van der Waals surface area contributed by atoms with Crippen molar-refractivity contribution in [2.24, 2.45) is 0 Å². The number of amides is 1. The van der Waals surface area contributed by atoms with Gasteiger partial charge in [0, 0.05) is 25.3 Å². The number of nitro benzene ring substituents is 1. The number of non-ortho nitro benzene ring substituents is 1. The predicted octanol–water partition coefficient (Wildman–Crippen LogP) is 4.68. The van der Waals surface area contributed by atoms with Gasteiger partial charge < -0.3 is 14.1 Å². The predicted molar refractivity (Wildman–Crippen MR) is 124 cm³/mol. The first-order valence-electron chi connectivity index (χ1n) is 10.9. The van der Waals surface area contributed by atoms with Crippen molar-refractivity contribution >= 4 is 22.6 Å². The van der Waals surface area contributed by atoms with Crippen LogP contribution in [0.3, 0.4) is 0 Å². The fraction of sp³-hybridized carbons (Fsp3) is 0.360. The SMILES string of the molecule is Cc1cc2oc3c(c(=O)c2cc1C)[C@H](c1ccc([N+](=O)[O-])cc1)N(CCCOC(C)C)C3=O. The number of ether oxygens (including phenoxy) is 1. The van der Waals surface area contributed by atoms with Crippen LogP contribution in [0.2, 0.25) is 0 Å². The second-order valence-corrected chi connectivity index (χ2v) is 8.63. The van der Waals surface area contributed by atoms with Gasteiger partial charge in [0.1, 0.15) is 5.58 Å². The van der Waals surface area contributed by atoms with Crippen LogP contribution in [0.5, 0.6) is 0 Å². The van der Waals surface area contributed by atoms with Crippen molar-refractivity contribution in [3.05, 3.63) is 84.7 Å². The Balaban J connectivity index is 1.83. The Morgan fingerprint density at radius 3 is 2.42 bits per heavy atom. The van der Waals surface area contributed by atoms with Gasteiger partial charge in [-0.15, -0.1) is 0 Å². The first kappa shape index (κ1) is 22.7. The standard InChI is InChI=1S/C25H26N2O6/c1-14(2)32-11-5-10-26-22(17-6-8-18(9-7-17)27(30)31)21-23(28)19-12-15(3)16(4)13-20(19)33-24(21)25(26)29/h6-9,12-14,22H,5,10-11H2,1-4H3/t22-/m0/s1. The lowest BCUT2D eigenvalue weighted by Gasteiger charge is -2.25. The van der Waals surface area contributed by atoms with Gasteiger partial charge >= 0.3 is 0 Å². The van der Waals surface area contributed by atoms with E-state index in [1.165, 1.54) is 12.1 Å². The molecule has 3 aromatic rings. The van der Waals surface area contributed by atoms with Crippen LogP contribution >= 0.6 is 0 Å². The summed E-state index contributed by atoms with van der Waals surface area (Å²) in [5, 5.41) is 11.5. The normalized spacial score (nSPS) is 15.5. The first-order valence-corrected chi connectivity index (χ1v) is 10.9. The third-order valence-corrected chi connectivity index (χ3v) is 6.00. The molecule has 0 saturated heterocycles. The molecule has 33 heavy (non-hydrogen) atoms. The van der Waals surface area contributed by atoms with E-state index < -0.39 is 11.0 Å². The highest BCUT2D eigenvalue weighted by Crippen LogP contribution is 2.39. The van der Waals surface area contributed by atoms with Crippen molar-refractivity contribution in [2.75, 3.05) is 13.2 Å². The van der Waals surface area contributed by atoms with Crippen molar-refractivity contribution < 1.29 is 18.9 Å². The zero-order valence-corrected chi connectivity index (χ0v) is 19.1. The Labute approximate surface area is 190 Å². The molecule has 8 nitrogen and oxygen atoms in total. The van der Waals surface area contributed by atoms with Gasteiger partial charge in [0.15, 0.2) is 5.43 Å². The third kappa shape index (κ3) is 4.14. The molecular formula is C25H26N2O6. The molecule has 0 N–H and O–H groups in total. The van der Waals surface area contributed by atoms with Gasteiger partial charge in [-0.2, -0.15) is 0 Å². The summed E-state index contributed by atoms with van der Waals surface area (Å²) in [6, 6.07) is 8.82. The van der Waals surface area contributed by atoms with Crippen LogP contribution in [0.1, 0.15) is 59.1 Å². The molecule has 1 amide bonds. The van der Waals surface area contributed by atoms with Crippen LogP contribution in [0.25, 0.3) is 11.0 Å². The maximum atomic E-state index is 13.6. The topological polar surface area (TPSA) is 103 Å². The maximum Gasteiger partial charge on any atom is 0.290 e. The van der Waals surface area contributed by atoms with Gasteiger partial charge in [-0.05, 0) is 75.1 Å². The third-order valence-electron chi connectivity index (χ3n) is 6.00. The Hall–Kier alpha value is -3.52. The summed E-state index contributed by atoms with van der Waals surface area (Å²) >= 11 is 0. The van der Waals surface area contributed by atoms with Gasteiger partial charge in [0.05, 0.1) is 28.0 Å². The molecule has 4 rings (SSSR count). The average Bonchev–Trinajstić information content (AvgIpc) is 3.04. The van der Waals surface area contributed by atoms with Gasteiger partial charge in [0.2, 0.25) is 5.76 Å². The van der Waals surface area contributed by atoms with Crippen LogP contribution < -0.4 is 5.43 Å². The van der Waals surface area contributed by atoms with E-state index in [2.05, 4.69) is 0 Å². The van der Waals surface area contributed by atoms with E-state index in [4.69, 9.17) is 9.15 Å². The lowest BCUT2D eigenvalue weighted by atomic mass is 9.97. The van der Waals surface area contributed by atoms with Crippen molar-refractivity contribution in [1.82, 2.24) is 4.90 Å². The summed E-state index contributed by atoms with van der Waals surface area (Å²) in [5.74, 6) is -0.334. The van der Waals surface area contributed by atoms with Crippen LogP contribution in [-0.2, 0) is 4.74 Å². The number of fused-ring (bicyclic) bond motifs is 2. The van der Waals surface area contributed by atoms with Gasteiger partial charge in [0.25, 0.3) is 11.6 Å². The maximum absolute atomic E-state index is 13.6. The van der Waals surface area contributed by atoms with Crippen LogP contribution in [0, 0.1) is 24.0 Å². The summed E-state index contributed by atoms with van der Waals surface area (Å²) in [6.45, 7) is 8.53. The van der Waals surface area contributed by atoms with E-state index in [0.717, 1.165) is 11.1 Å². The molecule has 1 atom stereocenters. The second kappa shape index (κ2) is 8.78. The smallest absolute Gasteiger partial charge is 0.290 e. The van der Waals surface area contributed by atoms with Crippen molar-refractivity contribution in [3.63, 3.8) is 0 Å². The quantitative estimate of drug-likeness (QED) is 0.294. The van der Waals surface area contributed by atoms with Crippen LogP contribution in [0.15, 0.2) is 45.6 Å². The van der Waals surface area contributed by atoms with E-state index in [0.29, 0.717) is 36.1 Å². The van der Waals surface area contributed by atoms with Gasteiger partial charge in [-0.1, -0.05) is 0 Å². The summed E-state index contributed by atoms with van der Waals surface area (Å²) in [6.07, 6.45) is 0.648. The molecule has 0 fully saturated rings. The molecule has 2 aromatic carbocycles. The minimum atomic E-state index is -0.686. The molecular weight excluding hydrogens is 424 g/mol. The number of nitrogens with zero attached hydrogens (tertiary/aromatic N) is 2. The van der Waals surface area contributed by atoms with Crippen molar-refractivity contribution in [3.8, 4) is 0 Å². The second-order valence-electron chi connectivity index (χ2n) is 8.63. The number of nitro groups is 1. The van der Waals surface area contributed by atoms with Crippen LogP contribution in [0.4, 0.5) is 5.69 Å². The molecule has 8 heteroatoms. The molecule has 2 heterocycles. The zero-order chi connectivity index (χ0) is 23.9. The van der Waals surface area contributed by atoms with E-state index in [1.54, 1.807) is 29.2 Å². The minimum Gasteiger partial charge on any atom is -0.450 e. The lowest BCUT2D eigenvalue weighted by molar-refractivity contribution is -0.384. The Bertz CT molecular complexity index is 1290. The van der Waals surface area contributed by atoms with Crippen LogP contribution in [-0.4, -0.2) is 35.0 Å². The average molecular weight is 450 g/mol. The number of hydrogen-bond donors (Lipinski definition) is 0. The summed E-state index contributed by atoms with van der Waals surface area (Å²) < 4.78 is 11.6. The largest absolute Gasteiger partial charge is 0.450 e. The van der Waals surface area contributed by atoms with E-state index in [9.17, 15) is 19.7 Å². The highest BCUT2D eigenvalue weighted by molar-refractivity contribution is 5.99. The summed E-state index contributed by atoms with van der Waals surface area (Å²) in [7, 11) is 0. The number of benzene rings is 2. The van der Waals surface area contributed by atoms with Crippen molar-refractivity contribution in [2.45, 2.75) is 46.3 Å². The number of hydrogen-bond acceptors (Lipinski definition) is 6. The first-order chi connectivity index (χ1) is 15.7. The Kier molecular flexibility index (Phi) is 6.03. The molecule has 1 aliphatic heterocycles. The summed E-state index contributed by atoms with van der Waals surface area (Å²) in [5.41, 5.74) is 2.87. The molecule has 0 radical (unpaired) electrons. The molecule has 1 aromatic heterocycles. The zero-order valence-electron chi connectivity index (χ0n) is 19.1. The fourth-order valence-corrected chi connectivity index (χ4v) is 4.18. The number of aryl methyl sites for hydroxylation is 2. The lowest BCUT2D eigenvalue weighted by Crippen LogP contribution is -2.31. The molecule has 172 valence electrons. The number of rotatable bonds is 7. The summed E-state index contributed by atoms with van der Waals surface area (Å²) in [4.78, 5) is 39.2. The molecule has 0 saturated carbocycles. The number of carbonyl (C=O) groups is 1. The highest BCUT2D eigenvalue weighted by Gasteiger charge is 2.42. The minimum absolute atomic E-state index is 0.0314. The highest BCUT2D eigenvalue weighted by atomic mass is 16.6. The molecule has 1 aliphatic rings. The Morgan fingerprint density at radius 2 is 1.79 bits per heavy atom. The fourth-order valence-electron chi connectivity index (χ4n) is 4.18. The Morgan fingerprint density at radius 1 is 1.12 bits per heavy atom.